The van der Waals surface area contributed by atoms with E-state index in [1.807, 2.05) is 91.9 Å². The number of benzene rings is 8. The molecule has 2 atom stereocenters. The lowest BCUT2D eigenvalue weighted by molar-refractivity contribution is -0.148. The highest BCUT2D eigenvalue weighted by atomic mass is 35.5. The maximum atomic E-state index is 16.6. The molecule has 15 heteroatoms. The molecule has 0 fully saturated rings. The molecule has 0 saturated heterocycles. The minimum Gasteiger partial charge on any atom is -0.457 e. The fourth-order valence-corrected chi connectivity index (χ4v) is 14.4. The normalized spacial score (nSPS) is 14.5. The van der Waals surface area contributed by atoms with Crippen LogP contribution in [-0.2, 0) is 34.9 Å². The standard InChI is InChI=1S/C51H51F3N2O4S.C22H19ClO2S.CH3F/c1-34-30-40-39-24-16-17-25-43(39)56(46(40)47(55(34)33-50(5,6)54)45-41(52)31-35(32-42(45)53)26-27-44(57)60-49(2,3)4)48(58)59-28-29-61-51(36-18-10-7-11-19-36,37-20-12-8-13-21-37)38-22-14-9-15-23-38;23-21(24)25-16-17-26-22(18-10-4-1-5-11-18,19-12-6-2-7-13-19)20-14-8-3-9-15-20;1-2/h7-27,31-32,34,47H,28-30,33H2,1-6H3;1-15H,16-17H2;1H3/b27-26+;;/t34-,47-;;/m1../s1/i;;1D. The molecule has 10 rings (SSSR count). The summed E-state index contributed by atoms with van der Waals surface area (Å²) in [5, 5.41) is 0.744. The number of nitrogens with zero attached hydrogens (tertiary/aromatic N) is 2. The fourth-order valence-electron chi connectivity index (χ4n) is 11.5. The second kappa shape index (κ2) is 30.6. The van der Waals surface area contributed by atoms with Crippen LogP contribution in [0.3, 0.4) is 0 Å². The Morgan fingerprint density at radius 3 is 1.38 bits per heavy atom. The summed E-state index contributed by atoms with van der Waals surface area (Å²) < 4.78 is 81.3. The molecule has 1 aliphatic heterocycles. The molecule has 1 aliphatic rings. The number of ether oxygens (including phenoxy) is 3. The average molecular weight is 1260 g/mol. The first-order chi connectivity index (χ1) is 43.2. The Labute approximate surface area is 534 Å². The largest absolute Gasteiger partial charge is 0.457 e. The van der Waals surface area contributed by atoms with Gasteiger partial charge >= 0.3 is 17.5 Å². The van der Waals surface area contributed by atoms with Gasteiger partial charge in [-0.3, -0.25) is 9.29 Å². The third kappa shape index (κ3) is 16.1. The van der Waals surface area contributed by atoms with E-state index in [-0.39, 0.29) is 36.9 Å². The van der Waals surface area contributed by atoms with Crippen molar-refractivity contribution in [3.8, 4) is 0 Å². The molecule has 0 unspecified atom stereocenters. The van der Waals surface area contributed by atoms with Crippen molar-refractivity contribution in [1.29, 1.82) is 0 Å². The Balaban J connectivity index is 0.000000299. The van der Waals surface area contributed by atoms with Crippen LogP contribution in [0.4, 0.5) is 27.2 Å². The second-order valence-corrected chi connectivity index (χ2v) is 25.7. The van der Waals surface area contributed by atoms with Gasteiger partial charge in [0.25, 0.3) is 0 Å². The summed E-state index contributed by atoms with van der Waals surface area (Å²) >= 11 is 8.69. The molecule has 0 bridgehead atoms. The SMILES string of the molecule is C[C@@H]1Cc2c(n(C(=O)OCCSC(c3ccccc3)(c3ccccc3)c3ccccc3)c3ccccc23)[C@@H](c2c(F)cc(/C=C/C(=O)OC(C)(C)C)cc2F)N1CC(C)(C)F.O=C(Cl)OCCSC(c1ccccc1)(c1ccccc1)c1ccccc1.[2H]CF. The van der Waals surface area contributed by atoms with Gasteiger partial charge in [-0.1, -0.05) is 200 Å². The highest BCUT2D eigenvalue weighted by molar-refractivity contribution is 8.00. The van der Waals surface area contributed by atoms with E-state index in [9.17, 15) is 18.8 Å². The number of aromatic nitrogens is 1. The molecular weight excluding hydrogens is 1190 g/mol. The quantitative estimate of drug-likeness (QED) is 0.0149. The van der Waals surface area contributed by atoms with Crippen LogP contribution in [0, 0.1) is 11.6 Å². The van der Waals surface area contributed by atoms with E-state index in [1.165, 1.54) is 41.2 Å². The summed E-state index contributed by atoms with van der Waals surface area (Å²) in [6.07, 6.45) is 2.09. The first-order valence-corrected chi connectivity index (χ1v) is 31.5. The van der Waals surface area contributed by atoms with Gasteiger partial charge in [-0.05, 0) is 117 Å². The number of alkyl halides is 2. The number of rotatable bonds is 19. The Morgan fingerprint density at radius 1 is 0.618 bits per heavy atom. The number of carbonyl (C=O) groups excluding carboxylic acids is 3. The van der Waals surface area contributed by atoms with Gasteiger partial charge in [-0.15, -0.1) is 23.5 Å². The fraction of sp³-hybridized carbons (Fsp3) is 0.257. The monoisotopic (exact) mass is 1260 g/mol. The maximum Gasteiger partial charge on any atom is 0.418 e. The summed E-state index contributed by atoms with van der Waals surface area (Å²) in [7, 11) is -1.00. The van der Waals surface area contributed by atoms with Gasteiger partial charge in [0.15, 0.2) is 0 Å². The minimum absolute atomic E-state index is 0.0166. The van der Waals surface area contributed by atoms with Gasteiger partial charge in [0, 0.05) is 52.7 Å². The Morgan fingerprint density at radius 2 is 1.00 bits per heavy atom. The van der Waals surface area contributed by atoms with Crippen LogP contribution in [0.2, 0.25) is 0 Å². The summed E-state index contributed by atoms with van der Waals surface area (Å²) in [5.74, 6) is -1.45. The highest BCUT2D eigenvalue weighted by Crippen LogP contribution is 2.51. The van der Waals surface area contributed by atoms with Crippen molar-refractivity contribution in [1.82, 2.24) is 9.47 Å². The Kier molecular flexibility index (Phi) is 22.5. The Bertz CT molecular complexity index is 3600. The molecule has 462 valence electrons. The molecule has 0 N–H and O–H groups in total. The zero-order valence-corrected chi connectivity index (χ0v) is 53.0. The van der Waals surface area contributed by atoms with Gasteiger partial charge in [-0.2, -0.15) is 0 Å². The lowest BCUT2D eigenvalue weighted by Crippen LogP contribution is -2.49. The van der Waals surface area contributed by atoms with Crippen LogP contribution in [0.5, 0.6) is 0 Å². The van der Waals surface area contributed by atoms with Gasteiger partial charge in [0.05, 0.1) is 35.3 Å². The van der Waals surface area contributed by atoms with Crippen molar-refractivity contribution in [3.63, 3.8) is 0 Å². The molecular formula is C74H73ClF4N2O6S2. The average Bonchev–Trinajstić information content (AvgIpc) is 1.51. The van der Waals surface area contributed by atoms with Crippen LogP contribution in [0.15, 0.2) is 224 Å². The van der Waals surface area contributed by atoms with E-state index in [0.29, 0.717) is 29.1 Å². The number of para-hydroxylation sites is 1. The molecule has 0 spiro atoms. The van der Waals surface area contributed by atoms with Crippen molar-refractivity contribution in [2.75, 3.05) is 38.4 Å². The van der Waals surface area contributed by atoms with Gasteiger partial charge in [0.2, 0.25) is 0 Å². The third-order valence-electron chi connectivity index (χ3n) is 14.9. The second-order valence-electron chi connectivity index (χ2n) is 22.8. The number of thioether (sulfide) groups is 2. The van der Waals surface area contributed by atoms with E-state index in [2.05, 4.69) is 109 Å². The lowest BCUT2D eigenvalue weighted by Gasteiger charge is -2.43. The molecule has 1 aromatic heterocycles. The summed E-state index contributed by atoms with van der Waals surface area (Å²) in [4.78, 5) is 39.7. The number of esters is 1. The van der Waals surface area contributed by atoms with Gasteiger partial charge < -0.3 is 14.2 Å². The van der Waals surface area contributed by atoms with E-state index >= 15 is 13.2 Å². The van der Waals surface area contributed by atoms with E-state index in [1.54, 1.807) is 61.3 Å². The Hall–Kier alpha value is -7.88. The van der Waals surface area contributed by atoms with Crippen molar-refractivity contribution < 1.29 is 47.5 Å². The van der Waals surface area contributed by atoms with Gasteiger partial charge in [0.1, 0.15) is 36.1 Å². The first-order valence-electron chi connectivity index (χ1n) is 29.9. The van der Waals surface area contributed by atoms with E-state index < -0.39 is 63.1 Å². The predicted octanol–water partition coefficient (Wildman–Crippen LogP) is 18.7. The number of fused-ring (bicyclic) bond motifs is 3. The number of halogens is 5. The molecule has 2 heterocycles. The van der Waals surface area contributed by atoms with E-state index in [0.717, 1.165) is 45.8 Å². The van der Waals surface area contributed by atoms with Crippen molar-refractivity contribution in [3.05, 3.63) is 292 Å². The van der Waals surface area contributed by atoms with Crippen molar-refractivity contribution in [2.45, 2.75) is 80.8 Å². The topological polar surface area (TPSA) is 87.1 Å². The molecule has 8 aromatic carbocycles. The smallest absolute Gasteiger partial charge is 0.418 e. The zero-order valence-electron chi connectivity index (χ0n) is 51.6. The van der Waals surface area contributed by atoms with Crippen molar-refractivity contribution >= 4 is 69.6 Å². The first kappa shape index (κ1) is 65.6. The maximum absolute atomic E-state index is 16.6. The molecule has 0 aliphatic carbocycles. The number of hydrogen-bond donors (Lipinski definition) is 0. The van der Waals surface area contributed by atoms with E-state index in [4.69, 9.17) is 27.2 Å². The predicted molar refractivity (Wildman–Crippen MR) is 354 cm³/mol. The summed E-state index contributed by atoms with van der Waals surface area (Å²) in [6, 6.07) is 69.9. The third-order valence-corrected chi connectivity index (χ3v) is 18.1. The van der Waals surface area contributed by atoms with Crippen LogP contribution in [-0.4, -0.2) is 82.7 Å². The summed E-state index contributed by atoms with van der Waals surface area (Å²) in [6.45, 7) is 10.0. The minimum atomic E-state index is -1.76. The number of hydrogen-bond acceptors (Lipinski definition) is 9. The molecule has 0 radical (unpaired) electrons. The lowest BCUT2D eigenvalue weighted by atomic mass is 9.84. The molecule has 0 saturated carbocycles. The van der Waals surface area contributed by atoms with Crippen LogP contribution in [0.1, 0.15) is 105 Å². The molecule has 8 nitrogen and oxygen atoms in total. The molecule has 89 heavy (non-hydrogen) atoms. The van der Waals surface area contributed by atoms with Crippen LogP contribution in [0.25, 0.3) is 17.0 Å². The molecule has 0 amide bonds. The zero-order chi connectivity index (χ0) is 64.5. The highest BCUT2D eigenvalue weighted by Gasteiger charge is 2.44. The van der Waals surface area contributed by atoms with Crippen LogP contribution < -0.4 is 0 Å². The van der Waals surface area contributed by atoms with Gasteiger partial charge in [-0.25, -0.2) is 32.1 Å². The number of carbonyl (C=O) groups is 3. The van der Waals surface area contributed by atoms with Crippen molar-refractivity contribution in [2.24, 2.45) is 0 Å². The molecule has 9 aromatic rings. The van der Waals surface area contributed by atoms with Crippen LogP contribution >= 0.6 is 35.1 Å². The summed E-state index contributed by atoms with van der Waals surface area (Å²) in [5.41, 5.74) is 4.80.